The smallest absolute Gasteiger partial charge is 0.181 e. The maximum Gasteiger partial charge on any atom is 0.181 e. The second-order valence-corrected chi connectivity index (χ2v) is 10.9. The van der Waals surface area contributed by atoms with Crippen molar-refractivity contribution in [2.45, 2.75) is 52.0 Å². The lowest BCUT2D eigenvalue weighted by Crippen LogP contribution is -2.31. The molecule has 8 nitrogen and oxygen atoms in total. The number of fused-ring (bicyclic) bond motifs is 2. The summed E-state index contributed by atoms with van der Waals surface area (Å²) in [6, 6.07) is 10.9. The van der Waals surface area contributed by atoms with E-state index in [9.17, 15) is 0 Å². The van der Waals surface area contributed by atoms with Gasteiger partial charge in [-0.1, -0.05) is 25.1 Å². The van der Waals surface area contributed by atoms with Crippen molar-refractivity contribution in [2.24, 2.45) is 14.1 Å². The summed E-state index contributed by atoms with van der Waals surface area (Å²) in [5.74, 6) is 3.43. The average molecular weight is 507 g/mol. The highest BCUT2D eigenvalue weighted by atomic mass is 15.3. The van der Waals surface area contributed by atoms with Crippen LogP contribution in [0.3, 0.4) is 0 Å². The van der Waals surface area contributed by atoms with Crippen LogP contribution in [0.1, 0.15) is 59.6 Å². The van der Waals surface area contributed by atoms with Crippen LogP contribution in [-0.2, 0) is 33.5 Å². The number of hydrogen-bond donors (Lipinski definition) is 1. The zero-order valence-corrected chi connectivity index (χ0v) is 22.6. The number of likely N-dealkylation sites (N-methyl/N-ethyl adjacent to an activating group) is 1. The first-order valence-corrected chi connectivity index (χ1v) is 13.7. The SMILES string of the molecule is CCN1CCc2nc(-c3ccc(-c4nc(Cc5ccc6[nH]ncc6c5C5CC5)n(C)n4)cc3C)n(C)c2C1. The van der Waals surface area contributed by atoms with E-state index in [1.807, 2.05) is 17.9 Å². The molecular weight excluding hydrogens is 472 g/mol. The number of nitrogens with one attached hydrogen (secondary N) is 1. The fourth-order valence-corrected chi connectivity index (χ4v) is 6.06. The molecule has 0 radical (unpaired) electrons. The van der Waals surface area contributed by atoms with Gasteiger partial charge in [-0.25, -0.2) is 9.97 Å². The summed E-state index contributed by atoms with van der Waals surface area (Å²) in [7, 11) is 4.15. The number of aromatic nitrogens is 7. The molecule has 0 amide bonds. The molecule has 0 unspecified atom stereocenters. The van der Waals surface area contributed by atoms with Crippen LogP contribution in [0.25, 0.3) is 33.7 Å². The molecule has 1 aliphatic heterocycles. The van der Waals surface area contributed by atoms with Gasteiger partial charge in [0.25, 0.3) is 0 Å². The van der Waals surface area contributed by atoms with Crippen LogP contribution in [-0.4, -0.2) is 52.5 Å². The Kier molecular flexibility index (Phi) is 5.47. The van der Waals surface area contributed by atoms with Crippen molar-refractivity contribution in [1.29, 1.82) is 0 Å². The Balaban J connectivity index is 1.19. The molecule has 0 atom stereocenters. The first-order valence-electron chi connectivity index (χ1n) is 13.7. The van der Waals surface area contributed by atoms with Crippen LogP contribution in [0.15, 0.2) is 36.5 Å². The predicted molar refractivity (Wildman–Crippen MR) is 149 cm³/mol. The van der Waals surface area contributed by atoms with E-state index in [2.05, 4.69) is 70.9 Å². The van der Waals surface area contributed by atoms with Crippen molar-refractivity contribution in [3.05, 3.63) is 70.4 Å². The number of nitrogens with zero attached hydrogens (tertiary/aromatic N) is 7. The Morgan fingerprint density at radius 3 is 2.74 bits per heavy atom. The topological polar surface area (TPSA) is 80.5 Å². The molecule has 0 saturated heterocycles. The maximum atomic E-state index is 5.06. The number of imidazole rings is 1. The van der Waals surface area contributed by atoms with E-state index in [-0.39, 0.29) is 0 Å². The van der Waals surface area contributed by atoms with E-state index < -0.39 is 0 Å². The molecule has 4 heterocycles. The van der Waals surface area contributed by atoms with Gasteiger partial charge in [0.2, 0.25) is 0 Å². The lowest BCUT2D eigenvalue weighted by Gasteiger charge is -2.25. The van der Waals surface area contributed by atoms with Crippen LogP contribution < -0.4 is 0 Å². The molecule has 2 aromatic carbocycles. The third-order valence-electron chi connectivity index (χ3n) is 8.45. The molecule has 0 spiro atoms. The summed E-state index contributed by atoms with van der Waals surface area (Å²) in [6.07, 6.45) is 6.26. The molecule has 3 aromatic heterocycles. The highest BCUT2D eigenvalue weighted by Crippen LogP contribution is 2.45. The number of benzene rings is 2. The monoisotopic (exact) mass is 506 g/mol. The summed E-state index contributed by atoms with van der Waals surface area (Å²) in [6.45, 7) is 7.53. The van der Waals surface area contributed by atoms with Gasteiger partial charge in [0.1, 0.15) is 11.6 Å². The van der Waals surface area contributed by atoms with Crippen molar-refractivity contribution in [1.82, 2.24) is 39.4 Å². The van der Waals surface area contributed by atoms with Crippen molar-refractivity contribution >= 4 is 10.9 Å². The van der Waals surface area contributed by atoms with Crippen LogP contribution >= 0.6 is 0 Å². The van der Waals surface area contributed by atoms with E-state index in [1.54, 1.807) is 0 Å². The van der Waals surface area contributed by atoms with Crippen molar-refractivity contribution < 1.29 is 0 Å². The van der Waals surface area contributed by atoms with E-state index in [4.69, 9.17) is 15.1 Å². The molecule has 2 aliphatic rings. The molecule has 0 bridgehead atoms. The van der Waals surface area contributed by atoms with Gasteiger partial charge in [0.05, 0.1) is 23.1 Å². The fraction of sp³-hybridized carbons (Fsp3) is 0.400. The normalized spacial score (nSPS) is 15.9. The van der Waals surface area contributed by atoms with Crippen LogP contribution in [0.2, 0.25) is 0 Å². The van der Waals surface area contributed by atoms with Gasteiger partial charge in [-0.05, 0) is 61.1 Å². The zero-order valence-electron chi connectivity index (χ0n) is 22.6. The van der Waals surface area contributed by atoms with Gasteiger partial charge in [-0.15, -0.1) is 0 Å². The standard InChI is InChI=1S/C30H34N8/c1-5-38-13-12-25-26(17-38)36(3)30(32-25)22-10-8-21(14-18(22)2)29-33-27(37(4)35-29)15-20-9-11-24-23(16-31-34-24)28(20)19-6-7-19/h8-11,14,16,19H,5-7,12-13,15,17H2,1-4H3,(H,31,34). The first-order chi connectivity index (χ1) is 18.5. The Morgan fingerprint density at radius 2 is 1.95 bits per heavy atom. The van der Waals surface area contributed by atoms with Crippen LogP contribution in [0.5, 0.6) is 0 Å². The molecule has 1 aliphatic carbocycles. The van der Waals surface area contributed by atoms with Gasteiger partial charge in [0, 0.05) is 56.5 Å². The maximum absolute atomic E-state index is 5.06. The minimum atomic E-state index is 0.635. The van der Waals surface area contributed by atoms with E-state index >= 15 is 0 Å². The highest BCUT2D eigenvalue weighted by molar-refractivity contribution is 5.84. The Hall–Kier alpha value is -3.78. The molecule has 8 heteroatoms. The average Bonchev–Trinajstić information content (AvgIpc) is 3.39. The lowest BCUT2D eigenvalue weighted by molar-refractivity contribution is 0.260. The molecular formula is C30H34N8. The van der Waals surface area contributed by atoms with E-state index in [1.165, 1.54) is 51.9 Å². The van der Waals surface area contributed by atoms with Gasteiger partial charge >= 0.3 is 0 Å². The molecule has 194 valence electrons. The van der Waals surface area contributed by atoms with Crippen molar-refractivity contribution in [3.63, 3.8) is 0 Å². The summed E-state index contributed by atoms with van der Waals surface area (Å²) in [5.41, 5.74) is 9.86. The fourth-order valence-electron chi connectivity index (χ4n) is 6.06. The Bertz CT molecular complexity index is 1670. The van der Waals surface area contributed by atoms with Gasteiger partial charge < -0.3 is 4.57 Å². The van der Waals surface area contributed by atoms with Crippen molar-refractivity contribution in [3.8, 4) is 22.8 Å². The van der Waals surface area contributed by atoms with Crippen LogP contribution in [0.4, 0.5) is 0 Å². The summed E-state index contributed by atoms with van der Waals surface area (Å²) in [5, 5.41) is 13.5. The number of rotatable bonds is 6. The minimum Gasteiger partial charge on any atom is -0.330 e. The second kappa shape index (κ2) is 8.91. The highest BCUT2D eigenvalue weighted by Gasteiger charge is 2.29. The molecule has 1 N–H and O–H groups in total. The Labute approximate surface area is 222 Å². The molecule has 5 aromatic rings. The van der Waals surface area contributed by atoms with E-state index in [0.29, 0.717) is 5.92 Å². The third-order valence-corrected chi connectivity index (χ3v) is 8.45. The summed E-state index contributed by atoms with van der Waals surface area (Å²) in [4.78, 5) is 12.5. The molecule has 1 fully saturated rings. The van der Waals surface area contributed by atoms with Crippen molar-refractivity contribution in [2.75, 3.05) is 13.1 Å². The zero-order chi connectivity index (χ0) is 26.0. The Morgan fingerprint density at radius 1 is 1.08 bits per heavy atom. The quantitative estimate of drug-likeness (QED) is 0.354. The van der Waals surface area contributed by atoms with Gasteiger partial charge in [-0.2, -0.15) is 10.2 Å². The number of aryl methyl sites for hydroxylation is 2. The molecule has 1 saturated carbocycles. The van der Waals surface area contributed by atoms with Gasteiger partial charge in [-0.3, -0.25) is 14.7 Å². The van der Waals surface area contributed by atoms with Gasteiger partial charge in [0.15, 0.2) is 5.82 Å². The summed E-state index contributed by atoms with van der Waals surface area (Å²) >= 11 is 0. The number of hydrogen-bond acceptors (Lipinski definition) is 5. The number of aromatic amines is 1. The van der Waals surface area contributed by atoms with E-state index in [0.717, 1.165) is 61.0 Å². The third kappa shape index (κ3) is 3.86. The largest absolute Gasteiger partial charge is 0.330 e. The minimum absolute atomic E-state index is 0.635. The second-order valence-electron chi connectivity index (χ2n) is 10.9. The molecule has 7 rings (SSSR count). The molecule has 38 heavy (non-hydrogen) atoms. The van der Waals surface area contributed by atoms with Crippen LogP contribution in [0, 0.1) is 6.92 Å². The lowest BCUT2D eigenvalue weighted by atomic mass is 9.96. The predicted octanol–water partition coefficient (Wildman–Crippen LogP) is 4.91. The first kappa shape index (κ1) is 23.3. The number of H-pyrrole nitrogens is 1. The summed E-state index contributed by atoms with van der Waals surface area (Å²) < 4.78 is 4.21.